The summed E-state index contributed by atoms with van der Waals surface area (Å²) in [7, 11) is 0. The van der Waals surface area contributed by atoms with Crippen LogP contribution in [0.25, 0.3) is 5.76 Å². The molecule has 0 saturated carbocycles. The number of likely N-dealkylation sites (tertiary alicyclic amines) is 1. The van der Waals surface area contributed by atoms with E-state index >= 15 is 0 Å². The molecule has 1 N–H and O–H groups in total. The highest BCUT2D eigenvalue weighted by atomic mass is 19.1. The molecular formula is C24H17FN2O5. The SMILES string of the molecule is O=C1C(=O)N(Cc2ccccc2)[C@H](c2ccccc2F)C1=C(O)c1ccc([N+](=O)[O-])cc1. The molecule has 1 aliphatic rings. The molecule has 1 heterocycles. The number of non-ortho nitro benzene ring substituents is 1. The van der Waals surface area contributed by atoms with Gasteiger partial charge in [0.15, 0.2) is 0 Å². The number of aliphatic hydroxyl groups excluding tert-OH is 1. The van der Waals surface area contributed by atoms with Crippen LogP contribution in [0, 0.1) is 15.9 Å². The fourth-order valence-electron chi connectivity index (χ4n) is 3.74. The van der Waals surface area contributed by atoms with E-state index in [4.69, 9.17) is 0 Å². The number of hydrogen-bond donors (Lipinski definition) is 1. The first-order valence-corrected chi connectivity index (χ1v) is 9.70. The fourth-order valence-corrected chi connectivity index (χ4v) is 3.74. The molecule has 0 bridgehead atoms. The third-order valence-electron chi connectivity index (χ3n) is 5.29. The number of benzene rings is 3. The Morgan fingerprint density at radius 1 is 0.969 bits per heavy atom. The maximum atomic E-state index is 14.8. The van der Waals surface area contributed by atoms with Crippen molar-refractivity contribution in [3.8, 4) is 0 Å². The van der Waals surface area contributed by atoms with Gasteiger partial charge in [0.05, 0.1) is 16.5 Å². The molecule has 0 unspecified atom stereocenters. The van der Waals surface area contributed by atoms with Gasteiger partial charge in [-0.3, -0.25) is 19.7 Å². The van der Waals surface area contributed by atoms with Crippen molar-refractivity contribution >= 4 is 23.1 Å². The largest absolute Gasteiger partial charge is 0.507 e. The van der Waals surface area contributed by atoms with Crippen molar-refractivity contribution in [3.63, 3.8) is 0 Å². The minimum Gasteiger partial charge on any atom is -0.507 e. The van der Waals surface area contributed by atoms with Gasteiger partial charge in [0.25, 0.3) is 17.4 Å². The molecule has 32 heavy (non-hydrogen) atoms. The quantitative estimate of drug-likeness (QED) is 0.212. The van der Waals surface area contributed by atoms with Gasteiger partial charge in [-0.15, -0.1) is 0 Å². The predicted octanol–water partition coefficient (Wildman–Crippen LogP) is 4.36. The normalized spacial score (nSPS) is 17.5. The Bertz CT molecular complexity index is 1240. The molecule has 0 aromatic heterocycles. The van der Waals surface area contributed by atoms with Crippen molar-refractivity contribution in [2.75, 3.05) is 0 Å². The number of nitro benzene ring substituents is 1. The van der Waals surface area contributed by atoms with E-state index in [2.05, 4.69) is 0 Å². The van der Waals surface area contributed by atoms with Gasteiger partial charge in [-0.2, -0.15) is 0 Å². The van der Waals surface area contributed by atoms with Gasteiger partial charge in [-0.05, 0) is 23.8 Å². The lowest BCUT2D eigenvalue weighted by Crippen LogP contribution is -2.29. The van der Waals surface area contributed by atoms with Crippen LogP contribution < -0.4 is 0 Å². The van der Waals surface area contributed by atoms with Crippen LogP contribution in [0.3, 0.4) is 0 Å². The second-order valence-corrected chi connectivity index (χ2v) is 7.24. The van der Waals surface area contributed by atoms with Crippen LogP contribution in [-0.2, 0) is 16.1 Å². The molecule has 1 saturated heterocycles. The maximum Gasteiger partial charge on any atom is 0.295 e. The van der Waals surface area contributed by atoms with Gasteiger partial charge in [-0.25, -0.2) is 4.39 Å². The van der Waals surface area contributed by atoms with Gasteiger partial charge >= 0.3 is 0 Å². The monoisotopic (exact) mass is 432 g/mol. The van der Waals surface area contributed by atoms with Crippen LogP contribution in [0.5, 0.6) is 0 Å². The Labute approximate surface area is 182 Å². The van der Waals surface area contributed by atoms with E-state index in [1.807, 2.05) is 0 Å². The molecule has 1 aliphatic heterocycles. The molecule has 1 fully saturated rings. The Morgan fingerprint density at radius 3 is 2.22 bits per heavy atom. The highest BCUT2D eigenvalue weighted by Crippen LogP contribution is 2.41. The lowest BCUT2D eigenvalue weighted by atomic mass is 9.94. The number of halogens is 1. The van der Waals surface area contributed by atoms with Crippen LogP contribution >= 0.6 is 0 Å². The van der Waals surface area contributed by atoms with Crippen molar-refractivity contribution in [1.29, 1.82) is 0 Å². The summed E-state index contributed by atoms with van der Waals surface area (Å²) in [6, 6.07) is 18.4. The topological polar surface area (TPSA) is 101 Å². The van der Waals surface area contributed by atoms with Crippen molar-refractivity contribution in [2.45, 2.75) is 12.6 Å². The minimum atomic E-state index is -1.16. The summed E-state index contributed by atoms with van der Waals surface area (Å²) in [6.07, 6.45) is 0. The van der Waals surface area contributed by atoms with Crippen molar-refractivity contribution < 1.29 is 24.0 Å². The first-order valence-electron chi connectivity index (χ1n) is 9.70. The summed E-state index contributed by atoms with van der Waals surface area (Å²) in [6.45, 7) is 0.0292. The Morgan fingerprint density at radius 2 is 1.59 bits per heavy atom. The number of nitrogens with zero attached hydrogens (tertiary/aromatic N) is 2. The van der Waals surface area contributed by atoms with Gasteiger partial charge < -0.3 is 10.0 Å². The van der Waals surface area contributed by atoms with Gasteiger partial charge in [0.1, 0.15) is 11.6 Å². The Balaban J connectivity index is 1.86. The summed E-state index contributed by atoms with van der Waals surface area (Å²) >= 11 is 0. The summed E-state index contributed by atoms with van der Waals surface area (Å²) < 4.78 is 14.8. The van der Waals surface area contributed by atoms with Crippen molar-refractivity contribution in [2.24, 2.45) is 0 Å². The van der Waals surface area contributed by atoms with E-state index in [9.17, 15) is 29.2 Å². The molecule has 1 amide bonds. The number of Topliss-reactive ketones (excluding diaryl/α,β-unsaturated/α-hetero) is 1. The Kier molecular flexibility index (Phi) is 5.51. The minimum absolute atomic E-state index is 0.0292. The fraction of sp³-hybridized carbons (Fsp3) is 0.0833. The number of amides is 1. The lowest BCUT2D eigenvalue weighted by molar-refractivity contribution is -0.384. The number of hydrogen-bond acceptors (Lipinski definition) is 5. The molecule has 3 aromatic rings. The number of rotatable bonds is 5. The molecule has 8 heteroatoms. The molecule has 160 valence electrons. The summed E-state index contributed by atoms with van der Waals surface area (Å²) in [5.41, 5.74) is 0.424. The van der Waals surface area contributed by atoms with Crippen LogP contribution in [0.4, 0.5) is 10.1 Å². The van der Waals surface area contributed by atoms with E-state index in [1.165, 1.54) is 47.4 Å². The van der Waals surface area contributed by atoms with Crippen LogP contribution in [0.15, 0.2) is 84.4 Å². The standard InChI is InChI=1S/C24H17FN2O5/c25-19-9-5-4-8-18(19)21-20(22(28)16-10-12-17(13-11-16)27(31)32)23(29)24(30)26(21)14-15-6-2-1-3-7-15/h1-13,21,28H,14H2/t21-/m1/s1. The molecule has 7 nitrogen and oxygen atoms in total. The van der Waals surface area contributed by atoms with Crippen molar-refractivity contribution in [1.82, 2.24) is 4.90 Å². The second kappa shape index (κ2) is 8.43. The third kappa shape index (κ3) is 3.74. The number of aliphatic hydroxyl groups is 1. The van der Waals surface area contributed by atoms with Crippen LogP contribution in [0.1, 0.15) is 22.7 Å². The maximum absolute atomic E-state index is 14.8. The number of carbonyl (C=O) groups excluding carboxylic acids is 2. The highest BCUT2D eigenvalue weighted by molar-refractivity contribution is 6.46. The van der Waals surface area contributed by atoms with Gasteiger partial charge in [0.2, 0.25) is 0 Å². The smallest absolute Gasteiger partial charge is 0.295 e. The average Bonchev–Trinajstić information content (AvgIpc) is 3.04. The summed E-state index contributed by atoms with van der Waals surface area (Å²) in [5, 5.41) is 21.8. The van der Waals surface area contributed by atoms with E-state index in [-0.39, 0.29) is 28.9 Å². The average molecular weight is 432 g/mol. The van der Waals surface area contributed by atoms with Crippen LogP contribution in [-0.4, -0.2) is 26.6 Å². The molecule has 3 aromatic carbocycles. The molecule has 0 spiro atoms. The predicted molar refractivity (Wildman–Crippen MR) is 114 cm³/mol. The zero-order valence-electron chi connectivity index (χ0n) is 16.6. The molecule has 0 aliphatic carbocycles. The van der Waals surface area contributed by atoms with Gasteiger partial charge in [-0.1, -0.05) is 48.5 Å². The zero-order chi connectivity index (χ0) is 22.8. The van der Waals surface area contributed by atoms with Crippen LogP contribution in [0.2, 0.25) is 0 Å². The highest BCUT2D eigenvalue weighted by Gasteiger charge is 2.46. The van der Waals surface area contributed by atoms with E-state index in [0.717, 1.165) is 5.56 Å². The number of carbonyl (C=O) groups is 2. The van der Waals surface area contributed by atoms with Crippen molar-refractivity contribution in [3.05, 3.63) is 117 Å². The molecule has 0 radical (unpaired) electrons. The first kappa shape index (κ1) is 20.9. The van der Waals surface area contributed by atoms with E-state index < -0.39 is 34.2 Å². The van der Waals surface area contributed by atoms with Gasteiger partial charge in [0, 0.05) is 29.8 Å². The zero-order valence-corrected chi connectivity index (χ0v) is 16.6. The van der Waals surface area contributed by atoms with E-state index in [1.54, 1.807) is 36.4 Å². The first-order chi connectivity index (χ1) is 15.4. The number of ketones is 1. The molecule has 1 atom stereocenters. The number of nitro groups is 1. The second-order valence-electron chi connectivity index (χ2n) is 7.24. The molecular weight excluding hydrogens is 415 g/mol. The summed E-state index contributed by atoms with van der Waals surface area (Å²) in [4.78, 5) is 37.4. The third-order valence-corrected chi connectivity index (χ3v) is 5.29. The summed E-state index contributed by atoms with van der Waals surface area (Å²) in [5.74, 6) is -2.98. The molecule has 4 rings (SSSR count). The Hall–Kier alpha value is -4.33. The lowest BCUT2D eigenvalue weighted by Gasteiger charge is -2.25. The van der Waals surface area contributed by atoms with E-state index in [0.29, 0.717) is 0 Å².